The van der Waals surface area contributed by atoms with Gasteiger partial charge in [-0.1, -0.05) is 44.2 Å². The van der Waals surface area contributed by atoms with E-state index >= 15 is 0 Å². The van der Waals surface area contributed by atoms with E-state index in [0.29, 0.717) is 11.7 Å². The lowest BCUT2D eigenvalue weighted by Gasteiger charge is -2.06. The van der Waals surface area contributed by atoms with Crippen molar-refractivity contribution >= 4 is 11.7 Å². The fraction of sp³-hybridized carbons (Fsp3) is 0.400. The molecular weight excluding hydrogens is 212 g/mol. The van der Waals surface area contributed by atoms with E-state index in [1.807, 2.05) is 36.4 Å². The summed E-state index contributed by atoms with van der Waals surface area (Å²) < 4.78 is 5.31. The molecule has 1 aromatic rings. The predicted octanol–water partition coefficient (Wildman–Crippen LogP) is 3.64. The minimum Gasteiger partial charge on any atom is -0.426 e. The average molecular weight is 230 g/mol. The molecule has 2 heteroatoms. The Morgan fingerprint density at radius 3 is 2.59 bits per heavy atom. The highest BCUT2D eigenvalue weighted by molar-refractivity contribution is 5.87. The van der Waals surface area contributed by atoms with Crippen molar-refractivity contribution in [3.05, 3.63) is 42.0 Å². The Bertz CT molecular complexity index is 418. The number of esters is 1. The smallest absolute Gasteiger partial charge is 0.318 e. The zero-order valence-corrected chi connectivity index (χ0v) is 10.3. The quantitative estimate of drug-likeness (QED) is 0.738. The summed E-state index contributed by atoms with van der Waals surface area (Å²) in [5.41, 5.74) is 0.980. The van der Waals surface area contributed by atoms with Gasteiger partial charge in [0.1, 0.15) is 5.76 Å². The summed E-state index contributed by atoms with van der Waals surface area (Å²) in [5.74, 6) is 1.17. The Labute approximate surface area is 102 Å². The molecule has 17 heavy (non-hydrogen) atoms. The van der Waals surface area contributed by atoms with Gasteiger partial charge in [-0.05, 0) is 24.8 Å². The molecule has 0 saturated carbocycles. The zero-order valence-electron chi connectivity index (χ0n) is 10.3. The number of hydrogen-bond donors (Lipinski definition) is 0. The number of carbonyl (C=O) groups excluding carboxylic acids is 1. The molecule has 1 aromatic carbocycles. The van der Waals surface area contributed by atoms with Gasteiger partial charge in [-0.25, -0.2) is 0 Å². The van der Waals surface area contributed by atoms with E-state index in [-0.39, 0.29) is 11.9 Å². The second kappa shape index (κ2) is 5.17. The van der Waals surface area contributed by atoms with E-state index in [9.17, 15) is 4.79 Å². The molecule has 0 aromatic heterocycles. The molecule has 0 spiro atoms. The molecule has 1 unspecified atom stereocenters. The van der Waals surface area contributed by atoms with Gasteiger partial charge in [-0.15, -0.1) is 0 Å². The van der Waals surface area contributed by atoms with E-state index < -0.39 is 0 Å². The summed E-state index contributed by atoms with van der Waals surface area (Å²) in [7, 11) is 0. The summed E-state index contributed by atoms with van der Waals surface area (Å²) in [6.07, 6.45) is 3.89. The van der Waals surface area contributed by atoms with E-state index in [2.05, 4.69) is 13.8 Å². The largest absolute Gasteiger partial charge is 0.426 e. The first kappa shape index (κ1) is 11.9. The zero-order chi connectivity index (χ0) is 12.3. The summed E-state index contributed by atoms with van der Waals surface area (Å²) in [6.45, 7) is 4.34. The highest BCUT2D eigenvalue weighted by atomic mass is 16.5. The maximum Gasteiger partial charge on any atom is 0.318 e. The summed E-state index contributed by atoms with van der Waals surface area (Å²) in [6, 6.07) is 9.78. The maximum absolute atomic E-state index is 11.7. The van der Waals surface area contributed by atoms with E-state index in [0.717, 1.165) is 18.4 Å². The molecule has 1 aliphatic heterocycles. The van der Waals surface area contributed by atoms with Gasteiger partial charge >= 0.3 is 5.97 Å². The lowest BCUT2D eigenvalue weighted by molar-refractivity contribution is -0.138. The Morgan fingerprint density at radius 1 is 1.24 bits per heavy atom. The number of ether oxygens (including phenoxy) is 1. The average Bonchev–Trinajstić information content (AvgIpc) is 2.69. The van der Waals surface area contributed by atoms with Crippen LogP contribution < -0.4 is 0 Å². The van der Waals surface area contributed by atoms with Crippen molar-refractivity contribution in [3.8, 4) is 0 Å². The van der Waals surface area contributed by atoms with Gasteiger partial charge in [0.25, 0.3) is 0 Å². The van der Waals surface area contributed by atoms with Crippen LogP contribution in [0.4, 0.5) is 0 Å². The van der Waals surface area contributed by atoms with Crippen LogP contribution in [0.5, 0.6) is 0 Å². The molecule has 0 bridgehead atoms. The second-order valence-electron chi connectivity index (χ2n) is 4.90. The van der Waals surface area contributed by atoms with Gasteiger partial charge in [-0.3, -0.25) is 4.79 Å². The normalized spacial score (nSPS) is 19.4. The van der Waals surface area contributed by atoms with Crippen molar-refractivity contribution in [1.82, 2.24) is 0 Å². The number of benzene rings is 1. The van der Waals surface area contributed by atoms with Gasteiger partial charge in [0.05, 0.1) is 5.92 Å². The van der Waals surface area contributed by atoms with Crippen LogP contribution in [0.3, 0.4) is 0 Å². The molecule has 0 saturated heterocycles. The van der Waals surface area contributed by atoms with E-state index in [4.69, 9.17) is 4.74 Å². The lowest BCUT2D eigenvalue weighted by Crippen LogP contribution is -2.09. The van der Waals surface area contributed by atoms with Gasteiger partial charge in [-0.2, -0.15) is 0 Å². The third-order valence-electron chi connectivity index (χ3n) is 2.98. The molecule has 2 rings (SSSR count). The van der Waals surface area contributed by atoms with Crippen LogP contribution >= 0.6 is 0 Å². The molecule has 0 fully saturated rings. The number of carbonyl (C=O) groups is 1. The van der Waals surface area contributed by atoms with Crippen molar-refractivity contribution in [2.75, 3.05) is 0 Å². The van der Waals surface area contributed by atoms with Crippen LogP contribution in [0.25, 0.3) is 5.76 Å². The number of hydrogen-bond acceptors (Lipinski definition) is 2. The van der Waals surface area contributed by atoms with Gasteiger partial charge in [0.15, 0.2) is 0 Å². The van der Waals surface area contributed by atoms with Gasteiger partial charge < -0.3 is 4.74 Å². The molecule has 0 amide bonds. The predicted molar refractivity (Wildman–Crippen MR) is 68.1 cm³/mol. The Hall–Kier alpha value is -1.57. The molecule has 1 aliphatic rings. The van der Waals surface area contributed by atoms with Crippen LogP contribution in [-0.4, -0.2) is 5.97 Å². The van der Waals surface area contributed by atoms with Gasteiger partial charge in [0.2, 0.25) is 0 Å². The number of rotatable bonds is 4. The van der Waals surface area contributed by atoms with Crippen molar-refractivity contribution in [2.45, 2.75) is 26.7 Å². The fourth-order valence-corrected chi connectivity index (χ4v) is 1.94. The first-order chi connectivity index (χ1) is 8.16. The first-order valence-electron chi connectivity index (χ1n) is 6.15. The Balaban J connectivity index is 2.06. The molecular formula is C15H18O2. The fourth-order valence-electron chi connectivity index (χ4n) is 1.94. The van der Waals surface area contributed by atoms with E-state index in [1.165, 1.54) is 0 Å². The third-order valence-corrected chi connectivity index (χ3v) is 2.98. The standard InChI is InChI=1S/C15H18O2/c1-11(2)8-9-13-10-14(17-15(13)16)12-6-4-3-5-7-12/h3-7,10-11,13H,8-9H2,1-2H3. The van der Waals surface area contributed by atoms with Crippen molar-refractivity contribution < 1.29 is 9.53 Å². The van der Waals surface area contributed by atoms with Gasteiger partial charge in [0, 0.05) is 5.56 Å². The third kappa shape index (κ3) is 2.96. The Morgan fingerprint density at radius 2 is 1.94 bits per heavy atom. The molecule has 1 heterocycles. The molecule has 0 aliphatic carbocycles. The van der Waals surface area contributed by atoms with E-state index in [1.54, 1.807) is 0 Å². The summed E-state index contributed by atoms with van der Waals surface area (Å²) in [5, 5.41) is 0. The van der Waals surface area contributed by atoms with Crippen molar-refractivity contribution in [3.63, 3.8) is 0 Å². The SMILES string of the molecule is CC(C)CCC1C=C(c2ccccc2)OC1=O. The van der Waals surface area contributed by atoms with Crippen LogP contribution in [0.2, 0.25) is 0 Å². The maximum atomic E-state index is 11.7. The summed E-state index contributed by atoms with van der Waals surface area (Å²) >= 11 is 0. The van der Waals surface area contributed by atoms with Crippen LogP contribution in [0.15, 0.2) is 36.4 Å². The van der Waals surface area contributed by atoms with Crippen LogP contribution in [-0.2, 0) is 9.53 Å². The first-order valence-corrected chi connectivity index (χ1v) is 6.15. The topological polar surface area (TPSA) is 26.3 Å². The number of cyclic esters (lactones) is 1. The van der Waals surface area contributed by atoms with Crippen LogP contribution in [0, 0.1) is 11.8 Å². The molecule has 2 nitrogen and oxygen atoms in total. The second-order valence-corrected chi connectivity index (χ2v) is 4.90. The highest BCUT2D eigenvalue weighted by Crippen LogP contribution is 2.29. The lowest BCUT2D eigenvalue weighted by atomic mass is 9.98. The molecule has 0 N–H and O–H groups in total. The summed E-state index contributed by atoms with van der Waals surface area (Å²) in [4.78, 5) is 11.7. The minimum absolute atomic E-state index is 0.0624. The van der Waals surface area contributed by atoms with Crippen molar-refractivity contribution in [1.29, 1.82) is 0 Å². The molecule has 1 atom stereocenters. The molecule has 90 valence electrons. The highest BCUT2D eigenvalue weighted by Gasteiger charge is 2.27. The van der Waals surface area contributed by atoms with Crippen molar-refractivity contribution in [2.24, 2.45) is 11.8 Å². The molecule has 0 radical (unpaired) electrons. The minimum atomic E-state index is -0.107. The van der Waals surface area contributed by atoms with Crippen LogP contribution in [0.1, 0.15) is 32.3 Å². The monoisotopic (exact) mass is 230 g/mol. The Kier molecular flexibility index (Phi) is 3.62.